The number of hydrogen-bond acceptors (Lipinski definition) is 4. The molecule has 136 valence electrons. The van der Waals surface area contributed by atoms with Crippen molar-refractivity contribution >= 4 is 35.2 Å². The number of ether oxygens (including phenoxy) is 2. The van der Waals surface area contributed by atoms with Crippen molar-refractivity contribution < 1.29 is 19.1 Å². The Morgan fingerprint density at radius 3 is 2.04 bits per heavy atom. The van der Waals surface area contributed by atoms with E-state index in [1.807, 2.05) is 41.5 Å². The van der Waals surface area contributed by atoms with E-state index in [0.29, 0.717) is 6.54 Å². The number of hydrogen-bond donors (Lipinski definition) is 2. The molecule has 0 aromatic heterocycles. The molecule has 8 heteroatoms. The van der Waals surface area contributed by atoms with E-state index in [2.05, 4.69) is 10.6 Å². The molecule has 0 saturated carbocycles. The highest BCUT2D eigenvalue weighted by molar-refractivity contribution is 6.52. The van der Waals surface area contributed by atoms with Crippen LogP contribution in [-0.2, 0) is 14.3 Å². The van der Waals surface area contributed by atoms with Crippen LogP contribution < -0.4 is 10.6 Å². The number of halogens is 2. The van der Waals surface area contributed by atoms with Crippen LogP contribution in [0.3, 0.4) is 0 Å². The SMILES string of the molecule is CC(C)(C)CNC(=O)NCC(COC(C)(C)C)OC(=O)C(Cl)Cl. The maximum absolute atomic E-state index is 11.8. The predicted molar refractivity (Wildman–Crippen MR) is 91.9 cm³/mol. The van der Waals surface area contributed by atoms with Crippen LogP contribution in [0.1, 0.15) is 41.5 Å². The van der Waals surface area contributed by atoms with Crippen molar-refractivity contribution in [1.29, 1.82) is 0 Å². The van der Waals surface area contributed by atoms with E-state index in [1.54, 1.807) is 0 Å². The molecule has 0 heterocycles. The molecule has 0 radical (unpaired) electrons. The van der Waals surface area contributed by atoms with Gasteiger partial charge in [0.1, 0.15) is 6.10 Å². The van der Waals surface area contributed by atoms with Gasteiger partial charge in [-0.15, -0.1) is 0 Å². The minimum Gasteiger partial charge on any atom is -0.456 e. The summed E-state index contributed by atoms with van der Waals surface area (Å²) in [5.41, 5.74) is -0.427. The standard InChI is InChI=1S/C15H28Cl2N2O4/c1-14(2,3)9-19-13(21)18-7-10(8-22-15(4,5)6)23-12(20)11(16)17/h10-11H,7-9H2,1-6H3,(H2,18,19,21). The summed E-state index contributed by atoms with van der Waals surface area (Å²) >= 11 is 11.0. The topological polar surface area (TPSA) is 76.7 Å². The van der Waals surface area contributed by atoms with E-state index >= 15 is 0 Å². The fourth-order valence-electron chi connectivity index (χ4n) is 1.31. The molecule has 2 amide bonds. The molecule has 6 nitrogen and oxygen atoms in total. The van der Waals surface area contributed by atoms with Crippen molar-refractivity contribution in [2.45, 2.75) is 58.1 Å². The molecule has 0 fully saturated rings. The first kappa shape index (κ1) is 22.3. The summed E-state index contributed by atoms with van der Waals surface area (Å²) in [5.74, 6) is -0.771. The number of amides is 2. The third-order valence-electron chi connectivity index (χ3n) is 2.43. The smallest absolute Gasteiger partial charge is 0.339 e. The molecule has 23 heavy (non-hydrogen) atoms. The minimum atomic E-state index is -1.28. The predicted octanol–water partition coefficient (Wildman–Crippen LogP) is 2.86. The lowest BCUT2D eigenvalue weighted by atomic mass is 9.97. The average Bonchev–Trinajstić information content (AvgIpc) is 2.37. The van der Waals surface area contributed by atoms with Crippen molar-refractivity contribution in [3.8, 4) is 0 Å². The van der Waals surface area contributed by atoms with Crippen molar-refractivity contribution in [2.75, 3.05) is 19.7 Å². The normalized spacial score (nSPS) is 13.6. The molecule has 0 aliphatic heterocycles. The Labute approximate surface area is 148 Å². The molecule has 0 spiro atoms. The summed E-state index contributed by atoms with van der Waals surface area (Å²) < 4.78 is 10.7. The van der Waals surface area contributed by atoms with E-state index in [0.717, 1.165) is 0 Å². The Balaban J connectivity index is 4.45. The third kappa shape index (κ3) is 13.4. The lowest BCUT2D eigenvalue weighted by Crippen LogP contribution is -2.45. The second kappa shape index (κ2) is 9.55. The Hall–Kier alpha value is -0.720. The maximum atomic E-state index is 11.8. The molecule has 0 saturated heterocycles. The fraction of sp³-hybridized carbons (Fsp3) is 0.867. The number of nitrogens with one attached hydrogen (secondary N) is 2. The number of esters is 1. The molecule has 1 unspecified atom stereocenters. The van der Waals surface area contributed by atoms with Gasteiger partial charge in [0.2, 0.25) is 4.84 Å². The van der Waals surface area contributed by atoms with E-state index in [9.17, 15) is 9.59 Å². The van der Waals surface area contributed by atoms with Gasteiger partial charge in [-0.3, -0.25) is 0 Å². The van der Waals surface area contributed by atoms with E-state index < -0.39 is 22.5 Å². The molecule has 1 atom stereocenters. The Morgan fingerprint density at radius 2 is 1.61 bits per heavy atom. The second-order valence-corrected chi connectivity index (χ2v) is 8.50. The first-order valence-corrected chi connectivity index (χ1v) is 8.32. The van der Waals surface area contributed by atoms with Crippen LogP contribution in [0.5, 0.6) is 0 Å². The molecule has 0 aromatic carbocycles. The minimum absolute atomic E-state index is 0.0248. The van der Waals surface area contributed by atoms with Crippen LogP contribution in [0.4, 0.5) is 4.79 Å². The van der Waals surface area contributed by atoms with Gasteiger partial charge in [0.25, 0.3) is 0 Å². The number of carbonyl (C=O) groups excluding carboxylic acids is 2. The lowest BCUT2D eigenvalue weighted by Gasteiger charge is -2.25. The van der Waals surface area contributed by atoms with E-state index in [1.165, 1.54) is 0 Å². The zero-order valence-corrected chi connectivity index (χ0v) is 16.2. The first-order valence-electron chi connectivity index (χ1n) is 7.44. The maximum Gasteiger partial charge on any atom is 0.339 e. The summed E-state index contributed by atoms with van der Waals surface area (Å²) in [7, 11) is 0. The quantitative estimate of drug-likeness (QED) is 0.533. The molecule has 0 aliphatic carbocycles. The molecule has 2 N–H and O–H groups in total. The summed E-state index contributed by atoms with van der Waals surface area (Å²) in [6.07, 6.45) is -0.679. The van der Waals surface area contributed by atoms with Gasteiger partial charge in [0, 0.05) is 6.54 Å². The van der Waals surface area contributed by atoms with Crippen molar-refractivity contribution in [3.63, 3.8) is 0 Å². The zero-order valence-electron chi connectivity index (χ0n) is 14.7. The molecular formula is C15H28Cl2N2O4. The summed E-state index contributed by atoms with van der Waals surface area (Å²) in [4.78, 5) is 22.0. The monoisotopic (exact) mass is 370 g/mol. The van der Waals surface area contributed by atoms with Gasteiger partial charge in [-0.2, -0.15) is 0 Å². The molecular weight excluding hydrogens is 343 g/mol. The van der Waals surface area contributed by atoms with Gasteiger partial charge >= 0.3 is 12.0 Å². The Morgan fingerprint density at radius 1 is 1.04 bits per heavy atom. The molecule has 0 bridgehead atoms. The summed E-state index contributed by atoms with van der Waals surface area (Å²) in [5, 5.41) is 5.39. The number of urea groups is 1. The van der Waals surface area contributed by atoms with Gasteiger partial charge in [0.05, 0.1) is 18.8 Å². The highest BCUT2D eigenvalue weighted by Gasteiger charge is 2.23. The van der Waals surface area contributed by atoms with Crippen LogP contribution in [0.15, 0.2) is 0 Å². The van der Waals surface area contributed by atoms with Crippen LogP contribution in [0.25, 0.3) is 0 Å². The Kier molecular flexibility index (Phi) is 9.25. The number of carbonyl (C=O) groups is 2. The molecule has 0 aliphatic rings. The fourth-order valence-corrected chi connectivity index (χ4v) is 1.41. The second-order valence-electron chi connectivity index (χ2n) is 7.41. The van der Waals surface area contributed by atoms with Gasteiger partial charge in [-0.1, -0.05) is 44.0 Å². The number of rotatable bonds is 7. The largest absolute Gasteiger partial charge is 0.456 e. The van der Waals surface area contributed by atoms with Crippen molar-refractivity contribution in [3.05, 3.63) is 0 Å². The van der Waals surface area contributed by atoms with Crippen molar-refractivity contribution in [1.82, 2.24) is 10.6 Å². The average molecular weight is 371 g/mol. The molecule has 0 aromatic rings. The van der Waals surface area contributed by atoms with Crippen molar-refractivity contribution in [2.24, 2.45) is 5.41 Å². The van der Waals surface area contributed by atoms with Gasteiger partial charge < -0.3 is 20.1 Å². The Bertz CT molecular complexity index is 390. The van der Waals surface area contributed by atoms with E-state index in [4.69, 9.17) is 32.7 Å². The first-order chi connectivity index (χ1) is 10.3. The van der Waals surface area contributed by atoms with Crippen LogP contribution in [0, 0.1) is 5.41 Å². The highest BCUT2D eigenvalue weighted by Crippen LogP contribution is 2.11. The van der Waals surface area contributed by atoms with Gasteiger partial charge in [-0.25, -0.2) is 9.59 Å². The third-order valence-corrected chi connectivity index (χ3v) is 2.79. The highest BCUT2D eigenvalue weighted by atomic mass is 35.5. The van der Waals surface area contributed by atoms with E-state index in [-0.39, 0.29) is 24.6 Å². The zero-order chi connectivity index (χ0) is 18.3. The van der Waals surface area contributed by atoms with Gasteiger partial charge in [0.15, 0.2) is 0 Å². The molecule has 0 rings (SSSR count). The summed E-state index contributed by atoms with van der Waals surface area (Å²) in [6.45, 7) is 12.4. The summed E-state index contributed by atoms with van der Waals surface area (Å²) in [6, 6.07) is -0.343. The van der Waals surface area contributed by atoms with Crippen LogP contribution >= 0.6 is 23.2 Å². The van der Waals surface area contributed by atoms with Gasteiger partial charge in [-0.05, 0) is 26.2 Å². The number of alkyl halides is 2. The lowest BCUT2D eigenvalue weighted by molar-refractivity contribution is -0.152. The van der Waals surface area contributed by atoms with Crippen LogP contribution in [0.2, 0.25) is 0 Å². The van der Waals surface area contributed by atoms with Crippen LogP contribution in [-0.4, -0.2) is 48.2 Å².